The van der Waals surface area contributed by atoms with Crippen LogP contribution in [0, 0.1) is 0 Å². The molecular weight excluding hydrogens is 436 g/mol. The molecule has 3 aromatic heterocycles. The summed E-state index contributed by atoms with van der Waals surface area (Å²) in [5.74, 6) is -0.265. The monoisotopic (exact) mass is 458 g/mol. The number of esters is 1. The van der Waals surface area contributed by atoms with Crippen LogP contribution in [0.5, 0.6) is 0 Å². The van der Waals surface area contributed by atoms with Crippen LogP contribution in [0.2, 0.25) is 0 Å². The number of nitrogens with zero attached hydrogens (tertiary/aromatic N) is 2. The number of carbonyl (C=O) groups is 2. The number of nitrogen functional groups attached to an aromatic ring is 1. The number of thiophene rings is 1. The normalized spacial score (nSPS) is 10.5. The molecule has 0 fully saturated rings. The van der Waals surface area contributed by atoms with E-state index in [-0.39, 0.29) is 24.9 Å². The van der Waals surface area contributed by atoms with Gasteiger partial charge in [-0.2, -0.15) is 0 Å². The fraction of sp³-hybridized carbons (Fsp3) is 0.120. The number of aromatic nitrogens is 2. The molecule has 0 unspecified atom stereocenters. The number of pyridine rings is 2. The number of carbonyl (C=O) groups excluding carboxylic acids is 2. The van der Waals surface area contributed by atoms with E-state index in [4.69, 9.17) is 10.5 Å². The van der Waals surface area contributed by atoms with Gasteiger partial charge in [-0.1, -0.05) is 24.3 Å². The minimum Gasteiger partial charge on any atom is -0.461 e. The lowest BCUT2D eigenvalue weighted by Gasteiger charge is -2.09. The first-order valence-corrected chi connectivity index (χ1v) is 11.2. The summed E-state index contributed by atoms with van der Waals surface area (Å²) in [7, 11) is 0. The molecule has 33 heavy (non-hydrogen) atoms. The Bertz CT molecular complexity index is 1230. The van der Waals surface area contributed by atoms with E-state index >= 15 is 0 Å². The van der Waals surface area contributed by atoms with Crippen molar-refractivity contribution in [1.29, 1.82) is 0 Å². The maximum Gasteiger partial charge on any atom is 0.306 e. The number of aryl methyl sites for hydroxylation is 1. The summed E-state index contributed by atoms with van der Waals surface area (Å²) in [5.41, 5.74) is 9.40. The largest absolute Gasteiger partial charge is 0.461 e. The Morgan fingerprint density at radius 3 is 2.58 bits per heavy atom. The number of hydrogen-bond acceptors (Lipinski definition) is 7. The van der Waals surface area contributed by atoms with E-state index in [0.717, 1.165) is 21.7 Å². The SMILES string of the molecule is Nc1ccc(-c2cccs2)nc1NC(=O)c1ccc(CCC(=O)OCc2cccnc2)cc1. The highest BCUT2D eigenvalue weighted by Gasteiger charge is 2.12. The lowest BCUT2D eigenvalue weighted by Crippen LogP contribution is -2.14. The van der Waals surface area contributed by atoms with Crippen LogP contribution >= 0.6 is 11.3 Å². The highest BCUT2D eigenvalue weighted by atomic mass is 32.1. The number of nitrogens with two attached hydrogens (primary N) is 1. The van der Waals surface area contributed by atoms with Gasteiger partial charge in [-0.05, 0) is 53.8 Å². The smallest absolute Gasteiger partial charge is 0.306 e. The second-order valence-corrected chi connectivity index (χ2v) is 8.23. The van der Waals surface area contributed by atoms with Crippen molar-refractivity contribution in [2.45, 2.75) is 19.4 Å². The van der Waals surface area contributed by atoms with Crippen molar-refractivity contribution in [1.82, 2.24) is 9.97 Å². The Morgan fingerprint density at radius 2 is 1.85 bits per heavy atom. The van der Waals surface area contributed by atoms with Gasteiger partial charge in [0.15, 0.2) is 5.82 Å². The number of ether oxygens (including phenoxy) is 1. The summed E-state index contributed by atoms with van der Waals surface area (Å²) in [5, 5.41) is 4.75. The molecule has 0 aliphatic heterocycles. The van der Waals surface area contributed by atoms with Crippen LogP contribution in [-0.2, 0) is 22.6 Å². The minimum absolute atomic E-state index is 0.205. The van der Waals surface area contributed by atoms with Gasteiger partial charge in [-0.15, -0.1) is 11.3 Å². The summed E-state index contributed by atoms with van der Waals surface area (Å²) in [4.78, 5) is 34.1. The molecular formula is C25H22N4O3S. The van der Waals surface area contributed by atoms with E-state index in [1.165, 1.54) is 0 Å². The van der Waals surface area contributed by atoms with E-state index < -0.39 is 0 Å². The summed E-state index contributed by atoms with van der Waals surface area (Å²) >= 11 is 1.56. The predicted molar refractivity (Wildman–Crippen MR) is 129 cm³/mol. The first-order valence-electron chi connectivity index (χ1n) is 10.3. The van der Waals surface area contributed by atoms with Crippen LogP contribution in [0.4, 0.5) is 11.5 Å². The molecule has 0 radical (unpaired) electrons. The molecule has 166 valence electrons. The predicted octanol–water partition coefficient (Wildman–Crippen LogP) is 4.72. The summed E-state index contributed by atoms with van der Waals surface area (Å²) in [6, 6.07) is 18.2. The van der Waals surface area contributed by atoms with Crippen molar-refractivity contribution >= 4 is 34.7 Å². The molecule has 0 aliphatic rings. The molecule has 0 saturated carbocycles. The third kappa shape index (κ3) is 6.02. The van der Waals surface area contributed by atoms with Crippen LogP contribution in [0.1, 0.15) is 27.9 Å². The maximum atomic E-state index is 12.7. The second kappa shape index (κ2) is 10.5. The summed E-state index contributed by atoms with van der Waals surface area (Å²) in [6.45, 7) is 0.205. The molecule has 1 aromatic carbocycles. The molecule has 0 spiro atoms. The Kier molecular flexibility index (Phi) is 7.06. The highest BCUT2D eigenvalue weighted by molar-refractivity contribution is 7.13. The van der Waals surface area contributed by atoms with E-state index in [1.807, 2.05) is 41.8 Å². The molecule has 1 amide bonds. The lowest BCUT2D eigenvalue weighted by atomic mass is 10.1. The van der Waals surface area contributed by atoms with Crippen molar-refractivity contribution in [3.63, 3.8) is 0 Å². The van der Waals surface area contributed by atoms with Crippen LogP contribution in [0.3, 0.4) is 0 Å². The molecule has 4 aromatic rings. The number of benzene rings is 1. The van der Waals surface area contributed by atoms with Crippen molar-refractivity contribution < 1.29 is 14.3 Å². The van der Waals surface area contributed by atoms with Gasteiger partial charge < -0.3 is 15.8 Å². The molecule has 8 heteroatoms. The molecule has 3 heterocycles. The zero-order valence-electron chi connectivity index (χ0n) is 17.7. The van der Waals surface area contributed by atoms with E-state index in [9.17, 15) is 9.59 Å². The molecule has 3 N–H and O–H groups in total. The van der Waals surface area contributed by atoms with Crippen LogP contribution in [-0.4, -0.2) is 21.8 Å². The van der Waals surface area contributed by atoms with E-state index in [0.29, 0.717) is 23.5 Å². The fourth-order valence-electron chi connectivity index (χ4n) is 3.10. The van der Waals surface area contributed by atoms with Crippen LogP contribution in [0.15, 0.2) is 78.4 Å². The second-order valence-electron chi connectivity index (χ2n) is 7.28. The standard InChI is InChI=1S/C25H22N4O3S/c26-20-10-11-21(22-4-2-14-33-22)28-24(20)29-25(31)19-8-5-17(6-9-19)7-12-23(30)32-16-18-3-1-13-27-15-18/h1-6,8-11,13-15H,7,12,16,26H2,(H,28,29,31). The lowest BCUT2D eigenvalue weighted by molar-refractivity contribution is -0.144. The van der Waals surface area contributed by atoms with Gasteiger partial charge in [0.25, 0.3) is 5.91 Å². The Labute approximate surface area is 195 Å². The van der Waals surface area contributed by atoms with Gasteiger partial charge in [0, 0.05) is 29.9 Å². The van der Waals surface area contributed by atoms with E-state index in [2.05, 4.69) is 15.3 Å². The first kappa shape index (κ1) is 22.2. The van der Waals surface area contributed by atoms with E-state index in [1.54, 1.807) is 48.0 Å². The number of rotatable bonds is 8. The first-order chi connectivity index (χ1) is 16.1. The van der Waals surface area contributed by atoms with Crippen LogP contribution in [0.25, 0.3) is 10.6 Å². The average molecular weight is 459 g/mol. The Hall–Kier alpha value is -4.04. The number of nitrogens with one attached hydrogen (secondary N) is 1. The molecule has 0 aliphatic carbocycles. The Balaban J connectivity index is 1.31. The average Bonchev–Trinajstić information content (AvgIpc) is 3.39. The molecule has 4 rings (SSSR count). The number of hydrogen-bond donors (Lipinski definition) is 2. The topological polar surface area (TPSA) is 107 Å². The fourth-order valence-corrected chi connectivity index (χ4v) is 3.80. The van der Waals surface area contributed by atoms with Gasteiger partial charge in [-0.3, -0.25) is 14.6 Å². The third-order valence-electron chi connectivity index (χ3n) is 4.89. The molecule has 0 atom stereocenters. The zero-order chi connectivity index (χ0) is 23.0. The van der Waals surface area contributed by atoms with Crippen LogP contribution < -0.4 is 11.1 Å². The number of amides is 1. The van der Waals surface area contributed by atoms with Crippen molar-refractivity contribution in [2.24, 2.45) is 0 Å². The van der Waals surface area contributed by atoms with Crippen molar-refractivity contribution in [2.75, 3.05) is 11.1 Å². The highest BCUT2D eigenvalue weighted by Crippen LogP contribution is 2.27. The number of anilines is 2. The minimum atomic E-state index is -0.306. The molecule has 0 saturated heterocycles. The van der Waals surface area contributed by atoms with Gasteiger partial charge in [0.05, 0.1) is 16.3 Å². The quantitative estimate of drug-likeness (QED) is 0.370. The third-order valence-corrected chi connectivity index (χ3v) is 5.78. The summed E-state index contributed by atoms with van der Waals surface area (Å²) in [6.07, 6.45) is 4.11. The van der Waals surface area contributed by atoms with Gasteiger partial charge >= 0.3 is 5.97 Å². The molecule has 0 bridgehead atoms. The van der Waals surface area contributed by atoms with Crippen molar-refractivity contribution in [3.05, 3.63) is 95.1 Å². The Morgan fingerprint density at radius 1 is 1.00 bits per heavy atom. The van der Waals surface area contributed by atoms with Gasteiger partial charge in [-0.25, -0.2) is 4.98 Å². The van der Waals surface area contributed by atoms with Gasteiger partial charge in [0.2, 0.25) is 0 Å². The van der Waals surface area contributed by atoms with Gasteiger partial charge in [0.1, 0.15) is 6.61 Å². The maximum absolute atomic E-state index is 12.7. The zero-order valence-corrected chi connectivity index (χ0v) is 18.5. The molecule has 7 nitrogen and oxygen atoms in total. The summed E-state index contributed by atoms with van der Waals surface area (Å²) < 4.78 is 5.26. The van der Waals surface area contributed by atoms with Crippen molar-refractivity contribution in [3.8, 4) is 10.6 Å².